The summed E-state index contributed by atoms with van der Waals surface area (Å²) in [5.41, 5.74) is 0.781. The second kappa shape index (κ2) is 6.58. The first-order chi connectivity index (χ1) is 12.8. The summed E-state index contributed by atoms with van der Waals surface area (Å²) < 4.78 is 41.0. The molecule has 2 fully saturated rings. The maximum atomic E-state index is 12.2. The Labute approximate surface area is 153 Å². The van der Waals surface area contributed by atoms with E-state index in [9.17, 15) is 18.0 Å². The van der Waals surface area contributed by atoms with E-state index in [0.717, 1.165) is 29.7 Å². The molecule has 2 unspecified atom stereocenters. The van der Waals surface area contributed by atoms with Crippen LogP contribution in [0.4, 0.5) is 23.8 Å². The first kappa shape index (κ1) is 17.9. The normalized spacial score (nSPS) is 25.0. The molecule has 1 saturated heterocycles. The zero-order valence-electron chi connectivity index (χ0n) is 14.7. The molecule has 2 atom stereocenters. The Balaban J connectivity index is 1.37. The highest BCUT2D eigenvalue weighted by atomic mass is 19.4. The average Bonchev–Trinajstić information content (AvgIpc) is 3.31. The number of carbonyl (C=O) groups excluding carboxylic acids is 1. The Bertz CT molecular complexity index is 825. The van der Waals surface area contributed by atoms with Gasteiger partial charge in [-0.1, -0.05) is 0 Å². The number of amides is 1. The molecular weight excluding hydrogens is 363 g/mol. The molecule has 3 heterocycles. The number of aromatic amines is 1. The van der Waals surface area contributed by atoms with Gasteiger partial charge in [0.05, 0.1) is 5.39 Å². The molecule has 2 aromatic rings. The van der Waals surface area contributed by atoms with Crippen LogP contribution >= 0.6 is 0 Å². The topological polar surface area (TPSA) is 74.4 Å². The van der Waals surface area contributed by atoms with Crippen LogP contribution in [0, 0.1) is 11.8 Å². The van der Waals surface area contributed by atoms with E-state index in [4.69, 9.17) is 0 Å². The molecule has 2 aliphatic rings. The molecular formula is C17H20F3N5O2. The van der Waals surface area contributed by atoms with Crippen LogP contribution in [0.25, 0.3) is 11.0 Å². The molecule has 0 bridgehead atoms. The zero-order valence-corrected chi connectivity index (χ0v) is 14.7. The predicted molar refractivity (Wildman–Crippen MR) is 91.3 cm³/mol. The molecule has 0 radical (unpaired) electrons. The van der Waals surface area contributed by atoms with E-state index < -0.39 is 18.9 Å². The van der Waals surface area contributed by atoms with Gasteiger partial charge in [-0.15, -0.1) is 0 Å². The fraction of sp³-hybridized carbons (Fsp3) is 0.588. The van der Waals surface area contributed by atoms with Crippen LogP contribution in [-0.2, 0) is 4.74 Å². The number of nitrogens with one attached hydrogen (secondary N) is 1. The van der Waals surface area contributed by atoms with Gasteiger partial charge >= 0.3 is 12.3 Å². The summed E-state index contributed by atoms with van der Waals surface area (Å²) in [6.45, 7) is -0.659. The number of nitrogens with zero attached hydrogens (tertiary/aromatic N) is 4. The van der Waals surface area contributed by atoms with Gasteiger partial charge in [0, 0.05) is 32.4 Å². The van der Waals surface area contributed by atoms with E-state index in [-0.39, 0.29) is 17.9 Å². The minimum atomic E-state index is -4.50. The third kappa shape index (κ3) is 3.52. The third-order valence-corrected chi connectivity index (χ3v) is 5.56. The summed E-state index contributed by atoms with van der Waals surface area (Å²) in [6.07, 6.45) is -0.305. The minimum absolute atomic E-state index is 0.263. The smallest absolute Gasteiger partial charge is 0.422 e. The van der Waals surface area contributed by atoms with Crippen LogP contribution in [0.5, 0.6) is 0 Å². The second-order valence-corrected chi connectivity index (χ2v) is 7.27. The van der Waals surface area contributed by atoms with Crippen molar-refractivity contribution in [1.29, 1.82) is 0 Å². The first-order valence-corrected chi connectivity index (χ1v) is 8.81. The fourth-order valence-corrected chi connectivity index (χ4v) is 4.28. The van der Waals surface area contributed by atoms with Crippen LogP contribution in [0.2, 0.25) is 0 Å². The van der Waals surface area contributed by atoms with Gasteiger partial charge in [-0.25, -0.2) is 14.8 Å². The Morgan fingerprint density at radius 1 is 1.33 bits per heavy atom. The number of likely N-dealkylation sites (tertiary alicyclic amines) is 1. The van der Waals surface area contributed by atoms with Gasteiger partial charge in [0.25, 0.3) is 0 Å². The van der Waals surface area contributed by atoms with Crippen molar-refractivity contribution in [2.24, 2.45) is 11.8 Å². The van der Waals surface area contributed by atoms with Gasteiger partial charge in [0.15, 0.2) is 6.61 Å². The van der Waals surface area contributed by atoms with Gasteiger partial charge in [-0.2, -0.15) is 13.2 Å². The predicted octanol–water partition coefficient (Wildman–Crippen LogP) is 2.80. The number of aromatic nitrogens is 3. The molecule has 1 saturated carbocycles. The first-order valence-electron chi connectivity index (χ1n) is 8.81. The number of fused-ring (bicyclic) bond motifs is 2. The van der Waals surface area contributed by atoms with Gasteiger partial charge in [-0.05, 0) is 30.7 Å². The highest BCUT2D eigenvalue weighted by molar-refractivity contribution is 5.87. The van der Waals surface area contributed by atoms with Crippen LogP contribution in [-0.4, -0.2) is 64.9 Å². The van der Waals surface area contributed by atoms with Crippen molar-refractivity contribution in [3.63, 3.8) is 0 Å². The highest BCUT2D eigenvalue weighted by Crippen LogP contribution is 2.41. The van der Waals surface area contributed by atoms with Gasteiger partial charge in [-0.3, -0.25) is 0 Å². The molecule has 2 aromatic heterocycles. The van der Waals surface area contributed by atoms with E-state index in [0.29, 0.717) is 13.1 Å². The van der Waals surface area contributed by atoms with Crippen molar-refractivity contribution in [1.82, 2.24) is 19.9 Å². The van der Waals surface area contributed by atoms with Crippen molar-refractivity contribution >= 4 is 22.9 Å². The zero-order chi connectivity index (χ0) is 19.2. The molecule has 1 aliphatic carbocycles. The number of anilines is 1. The molecule has 146 valence electrons. The monoisotopic (exact) mass is 383 g/mol. The number of rotatable bonds is 3. The van der Waals surface area contributed by atoms with Crippen molar-refractivity contribution in [2.45, 2.75) is 25.1 Å². The van der Waals surface area contributed by atoms with E-state index in [1.807, 2.05) is 19.3 Å². The average molecular weight is 383 g/mol. The summed E-state index contributed by atoms with van der Waals surface area (Å²) in [5, 5.41) is 0.953. The van der Waals surface area contributed by atoms with E-state index in [1.165, 1.54) is 11.2 Å². The molecule has 1 aliphatic heterocycles. The number of carbonyl (C=O) groups is 1. The van der Waals surface area contributed by atoms with Gasteiger partial charge in [0.1, 0.15) is 17.8 Å². The molecule has 27 heavy (non-hydrogen) atoms. The number of hydrogen-bond acceptors (Lipinski definition) is 5. The summed E-state index contributed by atoms with van der Waals surface area (Å²) >= 11 is 0. The maximum Gasteiger partial charge on any atom is 0.422 e. The van der Waals surface area contributed by atoms with Crippen LogP contribution in [0.1, 0.15) is 12.8 Å². The third-order valence-electron chi connectivity index (χ3n) is 5.56. The molecule has 10 heteroatoms. The molecule has 4 rings (SSSR count). The lowest BCUT2D eigenvalue weighted by molar-refractivity contribution is -0.162. The van der Waals surface area contributed by atoms with E-state index in [2.05, 4.69) is 24.6 Å². The molecule has 7 nitrogen and oxygen atoms in total. The standard InChI is InChI=1S/C17H20F3N5O2/c1-24(15-13-2-3-21-14(13)22-9-23-15)12-4-10-6-25(7-11(10)5-12)16(26)27-8-17(18,19)20/h2-3,9-12H,4-8H2,1H3,(H,21,22,23). The lowest BCUT2D eigenvalue weighted by Gasteiger charge is -2.27. The Kier molecular flexibility index (Phi) is 4.35. The minimum Gasteiger partial charge on any atom is -0.440 e. The van der Waals surface area contributed by atoms with Crippen LogP contribution < -0.4 is 4.90 Å². The highest BCUT2D eigenvalue weighted by Gasteiger charge is 2.44. The maximum absolute atomic E-state index is 12.2. The van der Waals surface area contributed by atoms with Crippen molar-refractivity contribution in [3.8, 4) is 0 Å². The summed E-state index contributed by atoms with van der Waals surface area (Å²) in [5.74, 6) is 1.38. The molecule has 1 N–H and O–H groups in total. The number of alkyl halides is 3. The number of halogens is 3. The molecule has 0 aromatic carbocycles. The number of H-pyrrole nitrogens is 1. The Morgan fingerprint density at radius 2 is 2.04 bits per heavy atom. The van der Waals surface area contributed by atoms with Crippen molar-refractivity contribution in [2.75, 3.05) is 31.6 Å². The van der Waals surface area contributed by atoms with Crippen LogP contribution in [0.3, 0.4) is 0 Å². The summed E-state index contributed by atoms with van der Waals surface area (Å²) in [4.78, 5) is 27.1. The van der Waals surface area contributed by atoms with Crippen molar-refractivity contribution in [3.05, 3.63) is 18.6 Å². The van der Waals surface area contributed by atoms with E-state index in [1.54, 1.807) is 0 Å². The number of hydrogen-bond donors (Lipinski definition) is 1. The fourth-order valence-electron chi connectivity index (χ4n) is 4.28. The quantitative estimate of drug-likeness (QED) is 0.882. The summed E-state index contributed by atoms with van der Waals surface area (Å²) in [7, 11) is 2.00. The van der Waals surface area contributed by atoms with E-state index >= 15 is 0 Å². The van der Waals surface area contributed by atoms with Crippen molar-refractivity contribution < 1.29 is 22.7 Å². The molecule has 0 spiro atoms. The lowest BCUT2D eigenvalue weighted by Crippen LogP contribution is -2.36. The summed E-state index contributed by atoms with van der Waals surface area (Å²) in [6, 6.07) is 2.20. The SMILES string of the molecule is CN(c1ncnc2[nH]ccc12)C1CC2CN(C(=O)OCC(F)(F)F)CC2C1. The second-order valence-electron chi connectivity index (χ2n) is 7.27. The van der Waals surface area contributed by atoms with Gasteiger partial charge < -0.3 is 19.5 Å². The number of ether oxygens (including phenoxy) is 1. The Hall–Kier alpha value is -2.52. The Morgan fingerprint density at radius 3 is 2.70 bits per heavy atom. The van der Waals surface area contributed by atoms with Crippen LogP contribution in [0.15, 0.2) is 18.6 Å². The largest absolute Gasteiger partial charge is 0.440 e. The van der Waals surface area contributed by atoms with Gasteiger partial charge in [0.2, 0.25) is 0 Å². The lowest BCUT2D eigenvalue weighted by atomic mass is 10.0. The molecule has 1 amide bonds.